The van der Waals surface area contributed by atoms with Crippen LogP contribution in [0.1, 0.15) is 49.9 Å². The van der Waals surface area contributed by atoms with Gasteiger partial charge in [0.1, 0.15) is 34.3 Å². The number of hydrogen-bond donors (Lipinski definition) is 0. The maximum atomic E-state index is 13.3. The Kier molecular flexibility index (Phi) is 10.5. The van der Waals surface area contributed by atoms with E-state index in [1.54, 1.807) is 19.2 Å². The summed E-state index contributed by atoms with van der Waals surface area (Å²) in [7, 11) is 4.45. The maximum Gasteiger partial charge on any atom is 0.193 e. The quantitative estimate of drug-likeness (QED) is 0.292. The molecule has 0 saturated carbocycles. The second-order valence-corrected chi connectivity index (χ2v) is 8.17. The Labute approximate surface area is 187 Å². The van der Waals surface area contributed by atoms with Gasteiger partial charge in [-0.25, -0.2) is 0 Å². The first-order valence-electron chi connectivity index (χ1n) is 10.6. The van der Waals surface area contributed by atoms with Crippen molar-refractivity contribution in [2.24, 2.45) is 0 Å². The number of unbranched alkanes of at least 4 members (excludes halogenated alkanes) is 2. The minimum absolute atomic E-state index is 0.101. The predicted molar refractivity (Wildman–Crippen MR) is 126 cm³/mol. The number of carbonyl (C=O) groups is 1. The lowest BCUT2D eigenvalue weighted by atomic mass is 10.2. The van der Waals surface area contributed by atoms with E-state index in [0.717, 1.165) is 36.7 Å². The summed E-state index contributed by atoms with van der Waals surface area (Å²) in [5, 5.41) is 0.823. The predicted octanol–water partition coefficient (Wildman–Crippen LogP) is 5.21. The molecule has 0 saturated heterocycles. The van der Waals surface area contributed by atoms with E-state index in [2.05, 4.69) is 13.8 Å². The molecule has 0 N–H and O–H groups in total. The van der Waals surface area contributed by atoms with Crippen LogP contribution in [-0.2, 0) is 0 Å². The molecule has 0 aliphatic carbocycles. The number of hydrogen-bond acceptors (Lipinski definition) is 6. The van der Waals surface area contributed by atoms with Crippen LogP contribution >= 0.6 is 8.58 Å². The van der Waals surface area contributed by atoms with Crippen LogP contribution in [0.25, 0.3) is 0 Å². The van der Waals surface area contributed by atoms with Crippen LogP contribution in [0, 0.1) is 0 Å². The fraction of sp³-hybridized carbons (Fsp3) is 0.458. The molecule has 0 bridgehead atoms. The van der Waals surface area contributed by atoms with Crippen molar-refractivity contribution in [1.82, 2.24) is 0 Å². The Hall–Kier alpha value is -2.46. The maximum absolute atomic E-state index is 13.3. The molecule has 0 spiro atoms. The van der Waals surface area contributed by atoms with Crippen molar-refractivity contribution in [3.8, 4) is 28.7 Å². The van der Waals surface area contributed by atoms with Crippen LogP contribution in [0.3, 0.4) is 0 Å². The summed E-state index contributed by atoms with van der Waals surface area (Å²) in [5.41, 5.74) is 0.295. The standard InChI is InChI=1S/C24H33O6P/c1-6-8-12-29-17-10-11-22(19(14-17)30-13-9-7-2)31-24(25)23-20(27-4)15-18(26-3)16-21(23)28-5/h10-11,14-16,31H,6-9,12-13H2,1-5H3. The molecule has 2 aromatic carbocycles. The van der Waals surface area contributed by atoms with Crippen LogP contribution in [0.2, 0.25) is 0 Å². The van der Waals surface area contributed by atoms with Crippen LogP contribution in [-0.4, -0.2) is 40.1 Å². The highest BCUT2D eigenvalue weighted by molar-refractivity contribution is 7.66. The topological polar surface area (TPSA) is 63.2 Å². The number of methoxy groups -OCH3 is 3. The zero-order valence-corrected chi connectivity index (χ0v) is 20.1. The number of ether oxygens (including phenoxy) is 5. The van der Waals surface area contributed by atoms with Crippen LogP contribution < -0.4 is 29.0 Å². The minimum Gasteiger partial charge on any atom is -0.496 e. The van der Waals surface area contributed by atoms with Gasteiger partial charge in [-0.05, 0) is 33.6 Å². The Balaban J connectivity index is 2.32. The zero-order chi connectivity index (χ0) is 22.6. The van der Waals surface area contributed by atoms with Crippen molar-refractivity contribution in [3.05, 3.63) is 35.9 Å². The molecule has 0 aliphatic rings. The molecule has 0 aromatic heterocycles. The average Bonchev–Trinajstić information content (AvgIpc) is 2.79. The Morgan fingerprint density at radius 3 is 1.90 bits per heavy atom. The molecular formula is C24H33O6P. The molecule has 6 nitrogen and oxygen atoms in total. The largest absolute Gasteiger partial charge is 0.496 e. The third-order valence-corrected chi connectivity index (χ3v) is 5.82. The summed E-state index contributed by atoms with van der Waals surface area (Å²) in [6, 6.07) is 9.04. The van der Waals surface area contributed by atoms with Gasteiger partial charge in [-0.3, -0.25) is 4.79 Å². The fourth-order valence-electron chi connectivity index (χ4n) is 2.89. The lowest BCUT2D eigenvalue weighted by Gasteiger charge is -2.16. The van der Waals surface area contributed by atoms with E-state index in [9.17, 15) is 4.79 Å². The van der Waals surface area contributed by atoms with Crippen molar-refractivity contribution in [2.75, 3.05) is 34.5 Å². The summed E-state index contributed by atoms with van der Waals surface area (Å²) in [4.78, 5) is 13.3. The third kappa shape index (κ3) is 7.03. The van der Waals surface area contributed by atoms with Crippen LogP contribution in [0.15, 0.2) is 30.3 Å². The van der Waals surface area contributed by atoms with Gasteiger partial charge in [-0.1, -0.05) is 26.7 Å². The molecule has 1 unspecified atom stereocenters. The van der Waals surface area contributed by atoms with Crippen LogP contribution in [0.4, 0.5) is 0 Å². The number of benzene rings is 2. The molecular weight excluding hydrogens is 415 g/mol. The number of carbonyl (C=O) groups excluding carboxylic acids is 1. The van der Waals surface area contributed by atoms with Crippen molar-refractivity contribution in [1.29, 1.82) is 0 Å². The second kappa shape index (κ2) is 13.1. The fourth-order valence-corrected chi connectivity index (χ4v) is 3.94. The Morgan fingerprint density at radius 2 is 1.35 bits per heavy atom. The van der Waals surface area contributed by atoms with Crippen molar-refractivity contribution >= 4 is 19.4 Å². The van der Waals surface area contributed by atoms with E-state index >= 15 is 0 Å². The van der Waals surface area contributed by atoms with Gasteiger partial charge < -0.3 is 23.7 Å². The molecule has 2 aromatic rings. The Bertz CT molecular complexity index is 827. The van der Waals surface area contributed by atoms with E-state index in [1.165, 1.54) is 14.2 Å². The highest BCUT2D eigenvalue weighted by Gasteiger charge is 2.22. The van der Waals surface area contributed by atoms with Gasteiger partial charge in [-0.2, -0.15) is 0 Å². The molecule has 2 rings (SSSR count). The minimum atomic E-state index is -0.159. The van der Waals surface area contributed by atoms with Gasteiger partial charge >= 0.3 is 0 Å². The molecule has 0 aliphatic heterocycles. The lowest BCUT2D eigenvalue weighted by molar-refractivity contribution is 0.108. The molecule has 0 heterocycles. The van der Waals surface area contributed by atoms with E-state index in [0.29, 0.717) is 41.8 Å². The van der Waals surface area contributed by atoms with E-state index in [4.69, 9.17) is 23.7 Å². The van der Waals surface area contributed by atoms with E-state index in [1.807, 2.05) is 18.2 Å². The molecule has 1 atom stereocenters. The summed E-state index contributed by atoms with van der Waals surface area (Å²) in [6.45, 7) is 5.49. The molecule has 0 radical (unpaired) electrons. The normalized spacial score (nSPS) is 10.9. The summed E-state index contributed by atoms with van der Waals surface area (Å²) in [6.07, 6.45) is 4.03. The van der Waals surface area contributed by atoms with Crippen molar-refractivity contribution < 1.29 is 28.5 Å². The van der Waals surface area contributed by atoms with Crippen molar-refractivity contribution in [3.63, 3.8) is 0 Å². The van der Waals surface area contributed by atoms with Gasteiger partial charge in [0.05, 0.1) is 34.5 Å². The molecule has 170 valence electrons. The van der Waals surface area contributed by atoms with Gasteiger partial charge in [0.2, 0.25) is 0 Å². The molecule has 0 fully saturated rings. The van der Waals surface area contributed by atoms with Gasteiger partial charge in [-0.15, -0.1) is 0 Å². The van der Waals surface area contributed by atoms with Gasteiger partial charge in [0, 0.05) is 23.5 Å². The highest BCUT2D eigenvalue weighted by atomic mass is 31.1. The molecule has 31 heavy (non-hydrogen) atoms. The average molecular weight is 448 g/mol. The lowest BCUT2D eigenvalue weighted by Crippen LogP contribution is -2.10. The van der Waals surface area contributed by atoms with E-state index < -0.39 is 0 Å². The van der Waals surface area contributed by atoms with Gasteiger partial charge in [0.25, 0.3) is 0 Å². The van der Waals surface area contributed by atoms with E-state index in [-0.39, 0.29) is 14.1 Å². The first-order chi connectivity index (χ1) is 15.1. The smallest absolute Gasteiger partial charge is 0.193 e. The SMILES string of the molecule is CCCCOc1ccc(PC(=O)c2c(OC)cc(OC)cc2OC)c(OCCCC)c1. The summed E-state index contributed by atoms with van der Waals surface area (Å²) in [5.74, 6) is 2.83. The first-order valence-corrected chi connectivity index (χ1v) is 11.6. The Morgan fingerprint density at radius 1 is 0.774 bits per heavy atom. The monoisotopic (exact) mass is 448 g/mol. The summed E-state index contributed by atoms with van der Waals surface area (Å²) < 4.78 is 28.0. The molecule has 7 heteroatoms. The third-order valence-electron chi connectivity index (χ3n) is 4.67. The second-order valence-electron chi connectivity index (χ2n) is 6.92. The van der Waals surface area contributed by atoms with Crippen LogP contribution in [0.5, 0.6) is 28.7 Å². The zero-order valence-electron chi connectivity index (χ0n) is 19.1. The van der Waals surface area contributed by atoms with Crippen molar-refractivity contribution in [2.45, 2.75) is 39.5 Å². The first kappa shape index (κ1) is 24.8. The number of rotatable bonds is 14. The summed E-state index contributed by atoms with van der Waals surface area (Å²) >= 11 is 0. The van der Waals surface area contributed by atoms with Gasteiger partial charge in [0.15, 0.2) is 5.52 Å². The highest BCUT2D eigenvalue weighted by Crippen LogP contribution is 2.39. The molecule has 0 amide bonds.